The standard InChI is InChI=1S/C11H12ClNO4/c1-3-17-11(15)10(14)13-8-6-7(12)4-5-9(8)16-2/h4-6H,3H2,1-2H3,(H,13,14). The molecule has 0 bridgehead atoms. The minimum atomic E-state index is -0.950. The lowest BCUT2D eigenvalue weighted by molar-refractivity contribution is -0.152. The third kappa shape index (κ3) is 3.64. The van der Waals surface area contributed by atoms with E-state index in [2.05, 4.69) is 10.1 Å². The molecule has 0 aliphatic carbocycles. The molecule has 0 spiro atoms. The van der Waals surface area contributed by atoms with Crippen LogP contribution in [0.3, 0.4) is 0 Å². The normalized spacial score (nSPS) is 9.59. The zero-order valence-corrected chi connectivity index (χ0v) is 10.2. The quantitative estimate of drug-likeness (QED) is 0.663. The van der Waals surface area contributed by atoms with Crippen LogP contribution in [0.5, 0.6) is 5.75 Å². The average molecular weight is 258 g/mol. The summed E-state index contributed by atoms with van der Waals surface area (Å²) in [5, 5.41) is 2.79. The zero-order chi connectivity index (χ0) is 12.8. The first-order chi connectivity index (χ1) is 8.08. The number of hydrogen-bond acceptors (Lipinski definition) is 4. The van der Waals surface area contributed by atoms with E-state index in [-0.39, 0.29) is 6.61 Å². The summed E-state index contributed by atoms with van der Waals surface area (Å²) in [4.78, 5) is 22.5. The van der Waals surface area contributed by atoms with E-state index in [1.54, 1.807) is 19.1 Å². The number of carbonyl (C=O) groups excluding carboxylic acids is 2. The van der Waals surface area contributed by atoms with Crippen LogP contribution in [0.1, 0.15) is 6.92 Å². The first-order valence-corrected chi connectivity index (χ1v) is 5.28. The van der Waals surface area contributed by atoms with Gasteiger partial charge in [0.15, 0.2) is 0 Å². The average Bonchev–Trinajstić information content (AvgIpc) is 2.29. The van der Waals surface area contributed by atoms with Gasteiger partial charge in [-0.05, 0) is 25.1 Å². The molecule has 92 valence electrons. The number of rotatable bonds is 3. The van der Waals surface area contributed by atoms with E-state index in [4.69, 9.17) is 16.3 Å². The van der Waals surface area contributed by atoms with Gasteiger partial charge in [0, 0.05) is 5.02 Å². The summed E-state index contributed by atoms with van der Waals surface area (Å²) in [5.41, 5.74) is 0.318. The highest BCUT2D eigenvalue weighted by Gasteiger charge is 2.16. The molecule has 0 aromatic heterocycles. The molecule has 0 saturated heterocycles. The number of benzene rings is 1. The van der Waals surface area contributed by atoms with Gasteiger partial charge in [0.2, 0.25) is 0 Å². The topological polar surface area (TPSA) is 64.6 Å². The van der Waals surface area contributed by atoms with Crippen LogP contribution in [-0.2, 0) is 14.3 Å². The molecule has 0 atom stereocenters. The predicted octanol–water partition coefficient (Wildman–Crippen LogP) is 1.85. The van der Waals surface area contributed by atoms with E-state index in [0.29, 0.717) is 16.5 Å². The molecule has 0 fully saturated rings. The van der Waals surface area contributed by atoms with E-state index in [1.165, 1.54) is 13.2 Å². The van der Waals surface area contributed by atoms with Crippen molar-refractivity contribution in [1.82, 2.24) is 0 Å². The van der Waals surface area contributed by atoms with Gasteiger partial charge >= 0.3 is 11.9 Å². The maximum atomic E-state index is 11.4. The number of ether oxygens (including phenoxy) is 2. The van der Waals surface area contributed by atoms with Crippen molar-refractivity contribution in [3.8, 4) is 5.75 Å². The fraction of sp³-hybridized carbons (Fsp3) is 0.273. The highest BCUT2D eigenvalue weighted by atomic mass is 35.5. The molecule has 17 heavy (non-hydrogen) atoms. The Morgan fingerprint density at radius 3 is 2.71 bits per heavy atom. The van der Waals surface area contributed by atoms with Gasteiger partial charge in [-0.1, -0.05) is 11.6 Å². The van der Waals surface area contributed by atoms with Gasteiger partial charge in [-0.3, -0.25) is 4.79 Å². The molecule has 1 aromatic rings. The highest BCUT2D eigenvalue weighted by molar-refractivity contribution is 6.37. The van der Waals surface area contributed by atoms with Crippen molar-refractivity contribution in [2.45, 2.75) is 6.92 Å². The second-order valence-corrected chi connectivity index (χ2v) is 3.46. The Bertz CT molecular complexity index is 433. The first kappa shape index (κ1) is 13.3. The van der Waals surface area contributed by atoms with Crippen molar-refractivity contribution in [2.24, 2.45) is 0 Å². The largest absolute Gasteiger partial charge is 0.495 e. The van der Waals surface area contributed by atoms with Gasteiger partial charge in [-0.2, -0.15) is 0 Å². The molecular formula is C11H12ClNO4. The lowest BCUT2D eigenvalue weighted by Crippen LogP contribution is -2.25. The van der Waals surface area contributed by atoms with Crippen molar-refractivity contribution >= 4 is 29.2 Å². The van der Waals surface area contributed by atoms with Crippen LogP contribution in [0.25, 0.3) is 0 Å². The lowest BCUT2D eigenvalue weighted by atomic mass is 10.3. The SMILES string of the molecule is CCOC(=O)C(=O)Nc1cc(Cl)ccc1OC. The minimum absolute atomic E-state index is 0.138. The number of esters is 1. The van der Waals surface area contributed by atoms with E-state index in [0.717, 1.165) is 0 Å². The third-order valence-electron chi connectivity index (χ3n) is 1.87. The van der Waals surface area contributed by atoms with Crippen molar-refractivity contribution in [1.29, 1.82) is 0 Å². The molecule has 0 saturated carbocycles. The van der Waals surface area contributed by atoms with Crippen LogP contribution in [0.4, 0.5) is 5.69 Å². The minimum Gasteiger partial charge on any atom is -0.495 e. The van der Waals surface area contributed by atoms with Crippen molar-refractivity contribution in [3.63, 3.8) is 0 Å². The number of carbonyl (C=O) groups is 2. The molecular weight excluding hydrogens is 246 g/mol. The molecule has 0 heterocycles. The second kappa shape index (κ2) is 6.10. The Morgan fingerprint density at radius 1 is 1.41 bits per heavy atom. The van der Waals surface area contributed by atoms with E-state index < -0.39 is 11.9 Å². The molecule has 6 heteroatoms. The summed E-state index contributed by atoms with van der Waals surface area (Å²) in [6, 6.07) is 4.68. The molecule has 1 rings (SSSR count). The Morgan fingerprint density at radius 2 is 2.12 bits per heavy atom. The number of hydrogen-bond donors (Lipinski definition) is 1. The van der Waals surface area contributed by atoms with Gasteiger partial charge in [-0.25, -0.2) is 4.79 Å². The van der Waals surface area contributed by atoms with Crippen LogP contribution < -0.4 is 10.1 Å². The van der Waals surface area contributed by atoms with Crippen molar-refractivity contribution < 1.29 is 19.1 Å². The Hall–Kier alpha value is -1.75. The smallest absolute Gasteiger partial charge is 0.397 e. The van der Waals surface area contributed by atoms with Crippen LogP contribution in [0.15, 0.2) is 18.2 Å². The second-order valence-electron chi connectivity index (χ2n) is 3.02. The number of amides is 1. The summed E-state index contributed by atoms with van der Waals surface area (Å²) in [6.07, 6.45) is 0. The van der Waals surface area contributed by atoms with Crippen LogP contribution in [0.2, 0.25) is 5.02 Å². The number of methoxy groups -OCH3 is 1. The van der Waals surface area contributed by atoms with Gasteiger partial charge in [0.05, 0.1) is 19.4 Å². The predicted molar refractivity (Wildman–Crippen MR) is 63.3 cm³/mol. The lowest BCUT2D eigenvalue weighted by Gasteiger charge is -2.09. The summed E-state index contributed by atoms with van der Waals surface area (Å²) in [5.74, 6) is -1.41. The summed E-state index contributed by atoms with van der Waals surface area (Å²) < 4.78 is 9.57. The van der Waals surface area contributed by atoms with Gasteiger partial charge in [0.1, 0.15) is 5.75 Å². The number of anilines is 1. The number of halogens is 1. The van der Waals surface area contributed by atoms with Crippen LogP contribution in [0, 0.1) is 0 Å². The third-order valence-corrected chi connectivity index (χ3v) is 2.11. The molecule has 0 unspecified atom stereocenters. The summed E-state index contributed by atoms with van der Waals surface area (Å²) in [7, 11) is 1.45. The molecule has 0 radical (unpaired) electrons. The molecule has 0 aliphatic heterocycles. The summed E-state index contributed by atoms with van der Waals surface area (Å²) in [6.45, 7) is 1.75. The van der Waals surface area contributed by atoms with Gasteiger partial charge in [-0.15, -0.1) is 0 Å². The fourth-order valence-corrected chi connectivity index (χ4v) is 1.32. The molecule has 1 aromatic carbocycles. The van der Waals surface area contributed by atoms with Crippen LogP contribution >= 0.6 is 11.6 Å². The van der Waals surface area contributed by atoms with E-state index >= 15 is 0 Å². The van der Waals surface area contributed by atoms with Crippen molar-refractivity contribution in [3.05, 3.63) is 23.2 Å². The maximum Gasteiger partial charge on any atom is 0.397 e. The van der Waals surface area contributed by atoms with Gasteiger partial charge < -0.3 is 14.8 Å². The first-order valence-electron chi connectivity index (χ1n) is 4.90. The monoisotopic (exact) mass is 257 g/mol. The fourth-order valence-electron chi connectivity index (χ4n) is 1.15. The number of nitrogens with one attached hydrogen (secondary N) is 1. The zero-order valence-electron chi connectivity index (χ0n) is 9.45. The Kier molecular flexibility index (Phi) is 4.78. The molecule has 1 amide bonds. The maximum absolute atomic E-state index is 11.4. The molecule has 0 aliphatic rings. The Balaban J connectivity index is 2.83. The molecule has 1 N–H and O–H groups in total. The van der Waals surface area contributed by atoms with Crippen molar-refractivity contribution in [2.75, 3.05) is 19.0 Å². The molecule has 5 nitrogen and oxygen atoms in total. The Labute approximate surface area is 104 Å². The van der Waals surface area contributed by atoms with E-state index in [9.17, 15) is 9.59 Å². The van der Waals surface area contributed by atoms with Gasteiger partial charge in [0.25, 0.3) is 0 Å². The summed E-state index contributed by atoms with van der Waals surface area (Å²) >= 11 is 5.77. The highest BCUT2D eigenvalue weighted by Crippen LogP contribution is 2.27. The van der Waals surface area contributed by atoms with E-state index in [1.807, 2.05) is 0 Å². The van der Waals surface area contributed by atoms with Crippen LogP contribution in [-0.4, -0.2) is 25.6 Å².